The van der Waals surface area contributed by atoms with E-state index in [1.807, 2.05) is 0 Å². The summed E-state index contributed by atoms with van der Waals surface area (Å²) in [5.74, 6) is 0. The van der Waals surface area contributed by atoms with E-state index in [0.717, 1.165) is 11.0 Å². The molecular weight excluding hydrogens is 219 g/mol. The van der Waals surface area contributed by atoms with Crippen LogP contribution in [0.15, 0.2) is 22.4 Å². The molecule has 0 aromatic carbocycles. The molecule has 0 aliphatic carbocycles. The first kappa shape index (κ1) is 11.4. The molecule has 1 heterocycles. The van der Waals surface area contributed by atoms with Gasteiger partial charge in [-0.3, -0.25) is 0 Å². The van der Waals surface area contributed by atoms with Crippen LogP contribution >= 0.6 is 11.6 Å². The topological polar surface area (TPSA) is 23.5 Å². The molecule has 2 nitrogen and oxygen atoms in total. The SMILES string of the molecule is CN1CC(CO)=C(Cl)C=C1C(F)(F)F. The minimum Gasteiger partial charge on any atom is -0.392 e. The largest absolute Gasteiger partial charge is 0.431 e. The van der Waals surface area contributed by atoms with Crippen LogP contribution < -0.4 is 0 Å². The molecule has 80 valence electrons. The van der Waals surface area contributed by atoms with Crippen LogP contribution in [0, 0.1) is 0 Å². The molecule has 1 rings (SSSR count). The number of aliphatic hydroxyl groups is 1. The Balaban J connectivity index is 3.04. The third-order valence-corrected chi connectivity index (χ3v) is 2.30. The highest BCUT2D eigenvalue weighted by atomic mass is 35.5. The van der Waals surface area contributed by atoms with Gasteiger partial charge in [0.15, 0.2) is 0 Å². The molecule has 0 aromatic heterocycles. The maximum atomic E-state index is 12.3. The number of aliphatic hydroxyl groups excluding tert-OH is 1. The lowest BCUT2D eigenvalue weighted by Gasteiger charge is -2.28. The molecule has 0 bridgehead atoms. The zero-order valence-corrected chi connectivity index (χ0v) is 8.15. The molecule has 0 aromatic rings. The summed E-state index contributed by atoms with van der Waals surface area (Å²) in [7, 11) is 1.30. The van der Waals surface area contributed by atoms with Gasteiger partial charge >= 0.3 is 6.18 Å². The van der Waals surface area contributed by atoms with Crippen LogP contribution in [-0.2, 0) is 0 Å². The highest BCUT2D eigenvalue weighted by molar-refractivity contribution is 6.31. The van der Waals surface area contributed by atoms with E-state index in [9.17, 15) is 13.2 Å². The zero-order valence-electron chi connectivity index (χ0n) is 7.40. The Labute approximate surface area is 84.3 Å². The number of allylic oxidation sites excluding steroid dienone is 3. The summed E-state index contributed by atoms with van der Waals surface area (Å²) in [5, 5.41) is 8.76. The van der Waals surface area contributed by atoms with Gasteiger partial charge in [-0.1, -0.05) is 11.6 Å². The fraction of sp³-hybridized carbons (Fsp3) is 0.500. The minimum atomic E-state index is -4.41. The van der Waals surface area contributed by atoms with Crippen molar-refractivity contribution in [3.63, 3.8) is 0 Å². The second-order valence-electron chi connectivity index (χ2n) is 2.99. The fourth-order valence-corrected chi connectivity index (χ4v) is 1.43. The molecular formula is C8H9ClF3NO. The summed E-state index contributed by atoms with van der Waals surface area (Å²) in [4.78, 5) is 1.01. The van der Waals surface area contributed by atoms with E-state index in [2.05, 4.69) is 0 Å². The van der Waals surface area contributed by atoms with Crippen molar-refractivity contribution in [2.75, 3.05) is 20.2 Å². The first-order valence-electron chi connectivity index (χ1n) is 3.84. The van der Waals surface area contributed by atoms with Gasteiger partial charge in [0.25, 0.3) is 0 Å². The van der Waals surface area contributed by atoms with Gasteiger partial charge < -0.3 is 10.0 Å². The van der Waals surface area contributed by atoms with Gasteiger partial charge in [-0.25, -0.2) is 0 Å². The number of halogens is 4. The summed E-state index contributed by atoms with van der Waals surface area (Å²) < 4.78 is 37.0. The Kier molecular flexibility index (Phi) is 3.11. The van der Waals surface area contributed by atoms with Gasteiger partial charge in [0, 0.05) is 18.6 Å². The molecule has 0 atom stereocenters. The van der Waals surface area contributed by atoms with Crippen molar-refractivity contribution in [1.29, 1.82) is 0 Å². The lowest BCUT2D eigenvalue weighted by Crippen LogP contribution is -2.33. The third kappa shape index (κ3) is 2.22. The summed E-state index contributed by atoms with van der Waals surface area (Å²) >= 11 is 5.57. The summed E-state index contributed by atoms with van der Waals surface area (Å²) in [5.41, 5.74) is -0.401. The summed E-state index contributed by atoms with van der Waals surface area (Å²) in [6.45, 7) is -0.328. The van der Waals surface area contributed by atoms with Gasteiger partial charge in [0.1, 0.15) is 5.70 Å². The van der Waals surface area contributed by atoms with Gasteiger partial charge in [-0.15, -0.1) is 0 Å². The molecule has 0 fully saturated rings. The molecule has 0 radical (unpaired) electrons. The van der Waals surface area contributed by atoms with Gasteiger partial charge in [-0.2, -0.15) is 13.2 Å². The molecule has 14 heavy (non-hydrogen) atoms. The van der Waals surface area contributed by atoms with E-state index >= 15 is 0 Å². The molecule has 0 saturated carbocycles. The fourth-order valence-electron chi connectivity index (χ4n) is 1.20. The third-order valence-electron chi connectivity index (χ3n) is 1.92. The van der Waals surface area contributed by atoms with Crippen LogP contribution in [0.5, 0.6) is 0 Å². The van der Waals surface area contributed by atoms with E-state index in [4.69, 9.17) is 16.7 Å². The second-order valence-corrected chi connectivity index (χ2v) is 3.40. The molecule has 0 unspecified atom stereocenters. The van der Waals surface area contributed by atoms with Gasteiger partial charge in [0.05, 0.1) is 6.61 Å². The molecule has 1 N–H and O–H groups in total. The van der Waals surface area contributed by atoms with Crippen molar-refractivity contribution in [3.05, 3.63) is 22.4 Å². The number of rotatable bonds is 1. The smallest absolute Gasteiger partial charge is 0.392 e. The molecule has 0 saturated heterocycles. The maximum Gasteiger partial charge on any atom is 0.431 e. The number of hydrogen-bond donors (Lipinski definition) is 1. The summed E-state index contributed by atoms with van der Waals surface area (Å²) in [6, 6.07) is 0. The molecule has 0 amide bonds. The van der Waals surface area contributed by atoms with Gasteiger partial charge in [-0.05, 0) is 11.6 Å². The zero-order chi connectivity index (χ0) is 10.9. The molecule has 0 spiro atoms. The van der Waals surface area contributed by atoms with E-state index in [-0.39, 0.29) is 18.2 Å². The quantitative estimate of drug-likeness (QED) is 0.739. The van der Waals surface area contributed by atoms with Crippen molar-refractivity contribution in [2.24, 2.45) is 0 Å². The van der Waals surface area contributed by atoms with Crippen molar-refractivity contribution in [3.8, 4) is 0 Å². The van der Waals surface area contributed by atoms with Crippen molar-refractivity contribution in [2.45, 2.75) is 6.18 Å². The van der Waals surface area contributed by atoms with Crippen molar-refractivity contribution >= 4 is 11.6 Å². The van der Waals surface area contributed by atoms with Crippen LogP contribution in [0.25, 0.3) is 0 Å². The Morgan fingerprint density at radius 2 is 2.14 bits per heavy atom. The average molecular weight is 228 g/mol. The normalized spacial score (nSPS) is 18.7. The van der Waals surface area contributed by atoms with E-state index in [0.29, 0.717) is 5.57 Å². The predicted octanol–water partition coefficient (Wildman–Crippen LogP) is 1.86. The number of nitrogens with zero attached hydrogens (tertiary/aromatic N) is 1. The van der Waals surface area contributed by atoms with Crippen LogP contribution in [0.4, 0.5) is 13.2 Å². The highest BCUT2D eigenvalue weighted by Gasteiger charge is 2.38. The van der Waals surface area contributed by atoms with Crippen LogP contribution in [0.1, 0.15) is 0 Å². The first-order valence-corrected chi connectivity index (χ1v) is 4.22. The highest BCUT2D eigenvalue weighted by Crippen LogP contribution is 2.33. The maximum absolute atomic E-state index is 12.3. The molecule has 1 aliphatic heterocycles. The monoisotopic (exact) mass is 227 g/mol. The lowest BCUT2D eigenvalue weighted by molar-refractivity contribution is -0.109. The number of likely N-dealkylation sites (N-methyl/N-ethyl adjacent to an activating group) is 1. The number of alkyl halides is 3. The van der Waals surface area contributed by atoms with Crippen LogP contribution in [0.2, 0.25) is 0 Å². The van der Waals surface area contributed by atoms with Crippen molar-refractivity contribution in [1.82, 2.24) is 4.90 Å². The lowest BCUT2D eigenvalue weighted by atomic mass is 10.1. The van der Waals surface area contributed by atoms with E-state index < -0.39 is 11.9 Å². The molecule has 1 aliphatic rings. The Hall–Kier alpha value is -0.680. The summed E-state index contributed by atoms with van der Waals surface area (Å²) in [6.07, 6.45) is -3.58. The standard InChI is InChI=1S/C8H9ClF3NO/c1-13-3-5(4-14)6(9)2-7(13)8(10,11)12/h2,14H,3-4H2,1H3. The van der Waals surface area contributed by atoms with E-state index in [1.54, 1.807) is 0 Å². The first-order chi connectivity index (χ1) is 6.36. The Morgan fingerprint density at radius 1 is 1.57 bits per heavy atom. The average Bonchev–Trinajstić information content (AvgIpc) is 2.06. The predicted molar refractivity (Wildman–Crippen MR) is 46.7 cm³/mol. The molecule has 6 heteroatoms. The van der Waals surface area contributed by atoms with Gasteiger partial charge in [0.2, 0.25) is 0 Å². The van der Waals surface area contributed by atoms with Crippen LogP contribution in [0.3, 0.4) is 0 Å². The Morgan fingerprint density at radius 3 is 2.57 bits per heavy atom. The minimum absolute atomic E-state index is 0.000671. The van der Waals surface area contributed by atoms with E-state index in [1.165, 1.54) is 7.05 Å². The van der Waals surface area contributed by atoms with Crippen LogP contribution in [-0.4, -0.2) is 36.4 Å². The number of hydrogen-bond acceptors (Lipinski definition) is 2. The second kappa shape index (κ2) is 3.82. The Bertz CT molecular complexity index is 295. The van der Waals surface area contributed by atoms with Crippen molar-refractivity contribution < 1.29 is 18.3 Å².